The lowest BCUT2D eigenvalue weighted by Crippen LogP contribution is -2.14. The third-order valence-electron chi connectivity index (χ3n) is 11.6. The summed E-state index contributed by atoms with van der Waals surface area (Å²) in [5.74, 6) is 1.45. The minimum Gasteiger partial charge on any atom is -0.304 e. The molecule has 60 heavy (non-hydrogen) atoms. The van der Waals surface area contributed by atoms with Gasteiger partial charge in [0.15, 0.2) is 5.82 Å². The lowest BCUT2D eigenvalue weighted by Gasteiger charge is -2.26. The molecule has 0 fully saturated rings. The van der Waals surface area contributed by atoms with E-state index in [9.17, 15) is 5.26 Å². The Bertz CT molecular complexity index is 3470. The van der Waals surface area contributed by atoms with Crippen LogP contribution < -0.4 is 0 Å². The summed E-state index contributed by atoms with van der Waals surface area (Å²) in [4.78, 5) is 19.5. The minimum atomic E-state index is 0.574. The van der Waals surface area contributed by atoms with E-state index in [0.29, 0.717) is 11.4 Å². The molecule has 0 atom stereocenters. The van der Waals surface area contributed by atoms with Gasteiger partial charge in [0.25, 0.3) is 0 Å². The third-order valence-corrected chi connectivity index (χ3v) is 11.6. The highest BCUT2D eigenvalue weighted by Crippen LogP contribution is 2.48. The van der Waals surface area contributed by atoms with Crippen LogP contribution in [0.25, 0.3) is 100 Å². The minimum absolute atomic E-state index is 0.574. The molecule has 0 saturated carbocycles. The molecule has 0 unspecified atom stereocenters. The molecule has 0 amide bonds. The summed E-state index contributed by atoms with van der Waals surface area (Å²) in [6, 6.07) is 50.3. The van der Waals surface area contributed by atoms with Gasteiger partial charge in [-0.15, -0.1) is 0 Å². The maximum atomic E-state index is 10.0. The van der Waals surface area contributed by atoms with E-state index in [1.165, 1.54) is 0 Å². The Labute approximate surface area is 344 Å². The van der Waals surface area contributed by atoms with Crippen LogP contribution in [-0.4, -0.2) is 35.4 Å². The van der Waals surface area contributed by atoms with Crippen LogP contribution in [0.3, 0.4) is 0 Å². The fourth-order valence-corrected chi connectivity index (χ4v) is 9.06. The predicted molar refractivity (Wildman–Crippen MR) is 244 cm³/mol. The molecule has 8 nitrogen and oxygen atoms in total. The summed E-state index contributed by atoms with van der Waals surface area (Å²) in [5, 5.41) is 15.4. The number of hydrogen-bond donors (Lipinski definition) is 0. The Balaban J connectivity index is 1.46. The van der Waals surface area contributed by atoms with Crippen LogP contribution in [0.5, 0.6) is 0 Å². The SMILES string of the molecule is C=N/C=C\c1c(C)n(-c2nc(-n3c4ccccc4c4ccncc43)c(-c3ccccc3)c(-c3ccc(C#N)cc3)c2-n2c3ccccc3c3ccncc32)c2ccccc12. The summed E-state index contributed by atoms with van der Waals surface area (Å²) in [6.07, 6.45) is 11.3. The lowest BCUT2D eigenvalue weighted by atomic mass is 9.92. The smallest absolute Gasteiger partial charge is 0.164 e. The average Bonchev–Trinajstić information content (AvgIpc) is 3.92. The number of rotatable bonds is 7. The van der Waals surface area contributed by atoms with E-state index in [0.717, 1.165) is 99.5 Å². The van der Waals surface area contributed by atoms with Gasteiger partial charge in [-0.1, -0.05) is 97.1 Å². The van der Waals surface area contributed by atoms with Gasteiger partial charge in [0.05, 0.1) is 57.3 Å². The zero-order valence-electron chi connectivity index (χ0n) is 32.5. The van der Waals surface area contributed by atoms with Crippen molar-refractivity contribution in [1.82, 2.24) is 28.7 Å². The number of aliphatic imine (C=N–C) groups is 1. The predicted octanol–water partition coefficient (Wildman–Crippen LogP) is 12.2. The molecule has 5 aromatic carbocycles. The van der Waals surface area contributed by atoms with Crippen LogP contribution in [0.4, 0.5) is 0 Å². The summed E-state index contributed by atoms with van der Waals surface area (Å²) in [6.45, 7) is 5.89. The van der Waals surface area contributed by atoms with E-state index < -0.39 is 0 Å². The molecule has 8 heteroatoms. The number of nitriles is 1. The first-order valence-corrected chi connectivity index (χ1v) is 19.7. The Kier molecular flexibility index (Phi) is 8.07. The Morgan fingerprint density at radius 1 is 0.550 bits per heavy atom. The molecule has 0 aliphatic carbocycles. The van der Waals surface area contributed by atoms with E-state index in [1.807, 2.05) is 49.1 Å². The molecule has 0 aliphatic heterocycles. The van der Waals surface area contributed by atoms with Crippen LogP contribution in [0, 0.1) is 18.3 Å². The molecular formula is C52H34N8. The first kappa shape index (κ1) is 34.8. The Hall–Kier alpha value is -8.41. The second-order valence-electron chi connectivity index (χ2n) is 14.8. The number of aromatic nitrogens is 6. The molecule has 11 rings (SSSR count). The van der Waals surface area contributed by atoms with E-state index in [4.69, 9.17) is 9.97 Å². The fourth-order valence-electron chi connectivity index (χ4n) is 9.06. The molecule has 0 spiro atoms. The van der Waals surface area contributed by atoms with Gasteiger partial charge < -0.3 is 4.57 Å². The number of hydrogen-bond acceptors (Lipinski definition) is 5. The second-order valence-corrected chi connectivity index (χ2v) is 14.8. The van der Waals surface area contributed by atoms with Gasteiger partial charge in [0, 0.05) is 67.9 Å². The number of para-hydroxylation sites is 3. The molecule has 0 radical (unpaired) electrons. The number of benzene rings is 5. The highest BCUT2D eigenvalue weighted by atomic mass is 15.2. The molecule has 11 aromatic rings. The van der Waals surface area contributed by atoms with E-state index in [-0.39, 0.29) is 0 Å². The molecule has 282 valence electrons. The monoisotopic (exact) mass is 770 g/mol. The van der Waals surface area contributed by atoms with Crippen molar-refractivity contribution >= 4 is 67.3 Å². The molecule has 0 saturated heterocycles. The van der Waals surface area contributed by atoms with Gasteiger partial charge >= 0.3 is 0 Å². The summed E-state index contributed by atoms with van der Waals surface area (Å²) in [7, 11) is 0. The second kappa shape index (κ2) is 13.9. The first-order valence-electron chi connectivity index (χ1n) is 19.7. The molecule has 0 aliphatic rings. The molecule has 0 N–H and O–H groups in total. The van der Waals surface area contributed by atoms with Crippen LogP contribution in [0.15, 0.2) is 176 Å². The topological polar surface area (TPSA) is 89.6 Å². The Morgan fingerprint density at radius 3 is 1.72 bits per heavy atom. The van der Waals surface area contributed by atoms with Crippen molar-refractivity contribution in [3.8, 4) is 45.6 Å². The van der Waals surface area contributed by atoms with Gasteiger partial charge in [-0.3, -0.25) is 24.1 Å². The van der Waals surface area contributed by atoms with Crippen molar-refractivity contribution in [1.29, 1.82) is 5.26 Å². The lowest BCUT2D eigenvalue weighted by molar-refractivity contribution is 0.941. The van der Waals surface area contributed by atoms with Crippen LogP contribution >= 0.6 is 0 Å². The number of pyridine rings is 3. The summed E-state index contributed by atoms with van der Waals surface area (Å²) >= 11 is 0. The summed E-state index contributed by atoms with van der Waals surface area (Å²) < 4.78 is 6.87. The maximum absolute atomic E-state index is 10.0. The number of fused-ring (bicyclic) bond motifs is 7. The van der Waals surface area contributed by atoms with Gasteiger partial charge in [-0.05, 0) is 73.3 Å². The highest BCUT2D eigenvalue weighted by molar-refractivity contribution is 6.12. The van der Waals surface area contributed by atoms with Gasteiger partial charge in [0.2, 0.25) is 0 Å². The van der Waals surface area contributed by atoms with Crippen molar-refractivity contribution in [2.24, 2.45) is 4.99 Å². The molecular weight excluding hydrogens is 737 g/mol. The zero-order chi connectivity index (χ0) is 40.3. The van der Waals surface area contributed by atoms with Crippen molar-refractivity contribution < 1.29 is 0 Å². The van der Waals surface area contributed by atoms with Gasteiger partial charge in [-0.25, -0.2) is 4.98 Å². The largest absolute Gasteiger partial charge is 0.304 e. The van der Waals surface area contributed by atoms with E-state index >= 15 is 0 Å². The van der Waals surface area contributed by atoms with Gasteiger partial charge in [0.1, 0.15) is 5.82 Å². The first-order chi connectivity index (χ1) is 29.7. The fraction of sp³-hybridized carbons (Fsp3) is 0.0192. The standard InChI is InChI=1S/C52H34N8/c1-33-37(24-27-54-2)38-14-6-9-17-43(38)58(33)52-50(59-44-18-10-7-15-39(44)41-25-28-55-31-46(41)59)48(36-22-20-34(30-53)21-23-36)49(35-12-4-3-5-13-35)51(57-52)60-45-19-11-8-16-40(45)42-26-29-56-32-47(42)60/h3-29,31-32H,2H2,1H3/b27-24-. The van der Waals surface area contributed by atoms with Crippen molar-refractivity contribution in [3.05, 3.63) is 187 Å². The molecule has 0 bridgehead atoms. The van der Waals surface area contributed by atoms with Crippen LogP contribution in [-0.2, 0) is 0 Å². The summed E-state index contributed by atoms with van der Waals surface area (Å²) in [5.41, 5.74) is 12.1. The molecule has 6 heterocycles. The van der Waals surface area contributed by atoms with Crippen molar-refractivity contribution in [2.75, 3.05) is 0 Å². The average molecular weight is 771 g/mol. The normalized spacial score (nSPS) is 11.7. The van der Waals surface area contributed by atoms with Crippen LogP contribution in [0.2, 0.25) is 0 Å². The molecule has 6 aromatic heterocycles. The number of nitrogens with zero attached hydrogens (tertiary/aromatic N) is 8. The third kappa shape index (κ3) is 5.16. The van der Waals surface area contributed by atoms with E-state index in [2.05, 4.69) is 165 Å². The quantitative estimate of drug-likeness (QED) is 0.151. The van der Waals surface area contributed by atoms with Crippen molar-refractivity contribution in [2.45, 2.75) is 6.92 Å². The van der Waals surface area contributed by atoms with E-state index in [1.54, 1.807) is 6.20 Å². The van der Waals surface area contributed by atoms with Gasteiger partial charge in [-0.2, -0.15) is 5.26 Å². The van der Waals surface area contributed by atoms with Crippen LogP contribution in [0.1, 0.15) is 16.8 Å². The highest BCUT2D eigenvalue weighted by Gasteiger charge is 2.31. The van der Waals surface area contributed by atoms with Crippen molar-refractivity contribution in [3.63, 3.8) is 0 Å². The zero-order valence-corrected chi connectivity index (χ0v) is 32.5. The Morgan fingerprint density at radius 2 is 1.08 bits per heavy atom. The maximum Gasteiger partial charge on any atom is 0.164 e.